The molecule has 2 fully saturated rings. The fourth-order valence-corrected chi connectivity index (χ4v) is 4.94. The molecule has 1 aliphatic carbocycles. The minimum absolute atomic E-state index is 0.308. The van der Waals surface area contributed by atoms with E-state index >= 15 is 0 Å². The second-order valence-electron chi connectivity index (χ2n) is 10.9. The summed E-state index contributed by atoms with van der Waals surface area (Å²) in [7, 11) is 2.04. The summed E-state index contributed by atoms with van der Waals surface area (Å²) in [6, 6.07) is 15.4. The summed E-state index contributed by atoms with van der Waals surface area (Å²) < 4.78 is 6.42. The number of aldehydes is 1. The van der Waals surface area contributed by atoms with Gasteiger partial charge < -0.3 is 20.3 Å². The van der Waals surface area contributed by atoms with Crippen LogP contribution >= 0.6 is 0 Å². The Balaban J connectivity index is 1.45. The van der Waals surface area contributed by atoms with Crippen LogP contribution < -0.4 is 25.6 Å². The van der Waals surface area contributed by atoms with E-state index in [9.17, 15) is 14.4 Å². The first-order valence-corrected chi connectivity index (χ1v) is 13.9. The van der Waals surface area contributed by atoms with Gasteiger partial charge in [-0.25, -0.2) is 4.79 Å². The number of likely N-dealkylation sites (N-methyl/N-ethyl adjacent to an activating group) is 1. The van der Waals surface area contributed by atoms with Crippen LogP contribution in [0.2, 0.25) is 0 Å². The Bertz CT molecular complexity index is 1240. The Kier molecular flexibility index (Phi) is 8.63. The number of para-hydroxylation sites is 2. The third-order valence-corrected chi connectivity index (χ3v) is 7.60. The lowest BCUT2D eigenvalue weighted by atomic mass is 9.93. The van der Waals surface area contributed by atoms with Crippen molar-refractivity contribution in [2.24, 2.45) is 0 Å². The maximum absolute atomic E-state index is 12.2. The van der Waals surface area contributed by atoms with Gasteiger partial charge in [0.15, 0.2) is 11.9 Å². The highest BCUT2D eigenvalue weighted by Crippen LogP contribution is 2.36. The first kappa shape index (κ1) is 28.2. The van der Waals surface area contributed by atoms with Crippen LogP contribution in [0.15, 0.2) is 59.8 Å². The van der Waals surface area contributed by atoms with E-state index in [1.807, 2.05) is 62.5 Å². The van der Waals surface area contributed by atoms with E-state index in [1.54, 1.807) is 6.92 Å². The molecule has 4 rings (SSSR count). The molecule has 8 nitrogen and oxygen atoms in total. The predicted molar refractivity (Wildman–Crippen MR) is 154 cm³/mol. The molecule has 2 aromatic carbocycles. The number of amides is 3. The number of carbonyl (C=O) groups is 3. The van der Waals surface area contributed by atoms with Crippen molar-refractivity contribution in [3.63, 3.8) is 0 Å². The second-order valence-corrected chi connectivity index (χ2v) is 10.9. The number of imide groups is 1. The van der Waals surface area contributed by atoms with Gasteiger partial charge in [0.25, 0.3) is 5.91 Å². The highest BCUT2D eigenvalue weighted by atomic mass is 16.5. The number of nitrogens with one attached hydrogen (secondary N) is 3. The van der Waals surface area contributed by atoms with Gasteiger partial charge in [-0.05, 0) is 74.4 Å². The summed E-state index contributed by atoms with van der Waals surface area (Å²) >= 11 is 0. The summed E-state index contributed by atoms with van der Waals surface area (Å²) in [5.74, 6) is 0.406. The van der Waals surface area contributed by atoms with Crippen LogP contribution in [0.3, 0.4) is 0 Å². The molecule has 2 aromatic rings. The standard InChI is InChI=1S/C31H40N4O4/c1-5-7-18-31(6-2,21-36)39-27-11-9-8-10-26(27)35(4)20-25(23-14-15-23)32-24-16-12-22(13-17-24)19-30(3)28(37)33-29(38)34-30/h8-13,16-17,21,32H,5-7,14-15,18-20H2,1-4H3,(H2,33,34,37,38). The molecule has 0 bridgehead atoms. The quantitative estimate of drug-likeness (QED) is 0.224. The third kappa shape index (κ3) is 6.80. The number of rotatable bonds is 14. The Labute approximate surface area is 231 Å². The number of hydrogen-bond donors (Lipinski definition) is 3. The number of unbranched alkanes of at least 4 members (excludes halogenated alkanes) is 1. The summed E-state index contributed by atoms with van der Waals surface area (Å²) in [6.07, 6.45) is 6.79. The molecule has 2 unspecified atom stereocenters. The van der Waals surface area contributed by atoms with Gasteiger partial charge in [0.05, 0.1) is 12.2 Å². The predicted octanol–water partition coefficient (Wildman–Crippen LogP) is 5.34. The lowest BCUT2D eigenvalue weighted by Gasteiger charge is -2.31. The van der Waals surface area contributed by atoms with Crippen molar-refractivity contribution < 1.29 is 19.1 Å². The minimum atomic E-state index is -0.943. The molecule has 8 heteroatoms. The van der Waals surface area contributed by atoms with Crippen LogP contribution in [0.5, 0.6) is 5.75 Å². The zero-order valence-electron chi connectivity index (χ0n) is 23.4. The van der Waals surface area contributed by atoms with E-state index in [-0.39, 0.29) is 5.91 Å². The van der Waals surface area contributed by atoms with E-state index in [0.717, 1.165) is 54.6 Å². The molecular weight excluding hydrogens is 492 g/mol. The molecule has 3 N–H and O–H groups in total. The van der Waals surface area contributed by atoms with Crippen molar-refractivity contribution in [3.05, 3.63) is 65.4 Å². The van der Waals surface area contributed by atoms with E-state index in [0.29, 0.717) is 31.6 Å². The highest BCUT2D eigenvalue weighted by Gasteiger charge is 2.41. The molecule has 0 radical (unpaired) electrons. The second kappa shape index (κ2) is 11.9. The van der Waals surface area contributed by atoms with Gasteiger partial charge in [0.1, 0.15) is 11.3 Å². The summed E-state index contributed by atoms with van der Waals surface area (Å²) in [6.45, 7) is 6.51. The molecule has 1 saturated heterocycles. The van der Waals surface area contributed by atoms with E-state index in [4.69, 9.17) is 4.74 Å². The minimum Gasteiger partial charge on any atom is -0.478 e. The van der Waals surface area contributed by atoms with Crippen LogP contribution in [0.25, 0.3) is 0 Å². The molecule has 0 spiro atoms. The van der Waals surface area contributed by atoms with Gasteiger partial charge in [-0.2, -0.15) is 0 Å². The maximum atomic E-state index is 12.2. The molecule has 2 atom stereocenters. The van der Waals surface area contributed by atoms with Crippen LogP contribution in [0.4, 0.5) is 16.2 Å². The molecule has 1 aliphatic heterocycles. The number of ether oxygens (including phenoxy) is 1. The smallest absolute Gasteiger partial charge is 0.322 e. The monoisotopic (exact) mass is 532 g/mol. The summed E-state index contributed by atoms with van der Waals surface area (Å²) in [4.78, 5) is 38.0. The SMILES string of the molecule is CCCCC(C=O)(CC)Oc1ccccc1N(C)CC(Nc1ccc(CC2(C)NC(=O)NC2=O)cc1)=C1CC1. The average Bonchev–Trinajstić information content (AvgIpc) is 3.74. The Morgan fingerprint density at radius 1 is 1.13 bits per heavy atom. The lowest BCUT2D eigenvalue weighted by molar-refractivity contribution is -0.123. The Morgan fingerprint density at radius 3 is 2.44 bits per heavy atom. The van der Waals surface area contributed by atoms with Crippen molar-refractivity contribution in [2.75, 3.05) is 23.8 Å². The molecule has 3 amide bonds. The van der Waals surface area contributed by atoms with Gasteiger partial charge in [-0.15, -0.1) is 0 Å². The van der Waals surface area contributed by atoms with Crippen LogP contribution in [-0.2, 0) is 16.0 Å². The molecule has 1 heterocycles. The summed E-state index contributed by atoms with van der Waals surface area (Å²) in [5.41, 5.74) is 3.64. The zero-order chi connectivity index (χ0) is 28.0. The first-order valence-electron chi connectivity index (χ1n) is 13.9. The lowest BCUT2D eigenvalue weighted by Crippen LogP contribution is -2.45. The highest BCUT2D eigenvalue weighted by molar-refractivity contribution is 6.06. The molecular formula is C31H40N4O4. The van der Waals surface area contributed by atoms with Crippen molar-refractivity contribution >= 4 is 29.6 Å². The van der Waals surface area contributed by atoms with Crippen molar-refractivity contribution in [3.8, 4) is 5.75 Å². The van der Waals surface area contributed by atoms with Crippen LogP contribution in [0, 0.1) is 0 Å². The first-order chi connectivity index (χ1) is 18.7. The third-order valence-electron chi connectivity index (χ3n) is 7.60. The molecule has 39 heavy (non-hydrogen) atoms. The van der Waals surface area contributed by atoms with Crippen molar-refractivity contribution in [1.29, 1.82) is 0 Å². The fraction of sp³-hybridized carbons (Fsp3) is 0.452. The maximum Gasteiger partial charge on any atom is 0.322 e. The largest absolute Gasteiger partial charge is 0.478 e. The Hall–Kier alpha value is -3.81. The number of carbonyl (C=O) groups excluding carboxylic acids is 3. The number of allylic oxidation sites excluding steroid dienone is 1. The van der Waals surface area contributed by atoms with Crippen LogP contribution in [0.1, 0.15) is 64.9 Å². The summed E-state index contributed by atoms with van der Waals surface area (Å²) in [5, 5.41) is 8.62. The van der Waals surface area contributed by atoms with Gasteiger partial charge in [-0.3, -0.25) is 14.9 Å². The molecule has 2 aliphatic rings. The average molecular weight is 533 g/mol. The van der Waals surface area contributed by atoms with Crippen molar-refractivity contribution in [1.82, 2.24) is 10.6 Å². The van der Waals surface area contributed by atoms with E-state index in [1.165, 1.54) is 5.57 Å². The molecule has 208 valence electrons. The number of benzene rings is 2. The number of urea groups is 1. The molecule has 1 saturated carbocycles. The number of hydrogen-bond acceptors (Lipinski definition) is 6. The van der Waals surface area contributed by atoms with Gasteiger partial charge in [0, 0.05) is 24.9 Å². The topological polar surface area (TPSA) is 99.8 Å². The molecule has 0 aromatic heterocycles. The number of anilines is 2. The zero-order valence-corrected chi connectivity index (χ0v) is 23.4. The van der Waals surface area contributed by atoms with Crippen molar-refractivity contribution in [2.45, 2.75) is 76.9 Å². The van der Waals surface area contributed by atoms with Gasteiger partial charge in [0.2, 0.25) is 0 Å². The van der Waals surface area contributed by atoms with E-state index in [2.05, 4.69) is 27.8 Å². The van der Waals surface area contributed by atoms with Gasteiger partial charge >= 0.3 is 6.03 Å². The Morgan fingerprint density at radius 2 is 1.85 bits per heavy atom. The van der Waals surface area contributed by atoms with Gasteiger partial charge in [-0.1, -0.05) is 44.5 Å². The fourth-order valence-electron chi connectivity index (χ4n) is 4.94. The normalized spacial score (nSPS) is 19.5. The van der Waals surface area contributed by atoms with Crippen LogP contribution in [-0.4, -0.2) is 43.0 Å². The number of nitrogens with zero attached hydrogens (tertiary/aromatic N) is 1. The van der Waals surface area contributed by atoms with E-state index < -0.39 is 17.2 Å².